The lowest BCUT2D eigenvalue weighted by Crippen LogP contribution is -2.39. The molecular weight excluding hydrogens is 2100 g/mol. The maximum absolute atomic E-state index is 14.1. The van der Waals surface area contributed by atoms with E-state index in [0.29, 0.717) is 120 Å². The third kappa shape index (κ3) is 26.5. The minimum absolute atomic E-state index is 0.0224. The van der Waals surface area contributed by atoms with Crippen molar-refractivity contribution in [2.24, 2.45) is 28.2 Å². The molecule has 52 heteroatoms. The smallest absolute Gasteiger partial charge is 0.379 e. The first kappa shape index (κ1) is 108. The number of thiophene rings is 1. The minimum Gasteiger partial charge on any atom is -0.379 e. The molecule has 4 fully saturated rings. The van der Waals surface area contributed by atoms with Gasteiger partial charge in [-0.15, -0.1) is 11.3 Å². The molecule has 16 aromatic rings. The lowest BCUT2D eigenvalue weighted by molar-refractivity contribution is -0.137. The van der Waals surface area contributed by atoms with Crippen molar-refractivity contribution >= 4 is 177 Å². The molecule has 150 heavy (non-hydrogen) atoms. The fraction of sp³-hybridized carbons (Fsp3) is 0.327. The number of sulfonamides is 4. The molecule has 8 N–H and O–H groups in total. The van der Waals surface area contributed by atoms with E-state index in [1.165, 1.54) is 42.5 Å². The van der Waals surface area contributed by atoms with Crippen LogP contribution in [0.4, 0.5) is 64.1 Å². The molecule has 0 saturated carbocycles. The third-order valence-corrected chi connectivity index (χ3v) is 33.0. The lowest BCUT2D eigenvalue weighted by Gasteiger charge is -2.26. The maximum Gasteiger partial charge on any atom is 0.416 e. The Hall–Kier alpha value is -13.1. The monoisotopic (exact) mass is 2210 g/mol. The Morgan fingerprint density at radius 2 is 0.713 bits per heavy atom. The summed E-state index contributed by atoms with van der Waals surface area (Å²) >= 11 is 19.0. The standard InChI is InChI=1S/C26H28F3N7O3S.C25H27Cl2N7O3S.C25H28FN7O3S.C22H24ClN7O3S2/c1-17-14-18(6-7-22(17)34-40(37,38)20-5-3-4-19(15-20)26(27,28)29)23-21-16-31-25(32-24(21)35(2)33-23)30-8-9-36-10-12-39-13-11-36;1-16-14-17(6-7-20(16)32-38(35,36)21-5-3-4-19(26)22(21)27)23-18-15-29-25(30-24(18)33(2)31-23)28-8-9-34-10-12-37-13-11-34;1-17-15-18(7-8-21(17)31-37(34,35)22-6-4-3-5-20(22)26)23-19-16-28-25(29-24(19)32(2)30-23)27-9-10-33-11-13-36-14-12-33;1-29-21-17(14-25-22(26-21)24-8-9-30-10-12-33-13-11-30)20(27-29)15-2-4-16(5-3-15)28-35(31,32)19-7-6-18(23)34-19/h3-7,14-16,34H,8-13H2,1-2H3,(H,30,31,32);3-7,14-15,32H,8-13H2,1-2H3,(H,28,29,30);3-8,15-16,31H,9-14H2,1-2H3,(H,27,28,29);2-7,14,28H,8-13H2,1H3,(H,24,25,26). The lowest BCUT2D eigenvalue weighted by atomic mass is 10.1. The highest BCUT2D eigenvalue weighted by Gasteiger charge is 2.33. The summed E-state index contributed by atoms with van der Waals surface area (Å²) < 4.78 is 194. The molecule has 4 aliphatic rings. The maximum atomic E-state index is 14.1. The molecule has 7 aromatic carbocycles. The summed E-state index contributed by atoms with van der Waals surface area (Å²) in [7, 11) is -8.69. The fourth-order valence-electron chi connectivity index (χ4n) is 16.9. The van der Waals surface area contributed by atoms with Crippen LogP contribution in [0.5, 0.6) is 0 Å². The normalized spacial score (nSPS) is 14.8. The highest BCUT2D eigenvalue weighted by molar-refractivity contribution is 7.95. The molecule has 0 atom stereocenters. The Kier molecular flexibility index (Phi) is 34.3. The molecular formula is C98H107Cl3F4N28O12S5. The summed E-state index contributed by atoms with van der Waals surface area (Å²) in [6.07, 6.45) is 2.30. The number of halogens is 7. The van der Waals surface area contributed by atoms with Gasteiger partial charge in [0.25, 0.3) is 40.1 Å². The predicted molar refractivity (Wildman–Crippen MR) is 571 cm³/mol. The average molecular weight is 2210 g/mol. The molecule has 9 aromatic heterocycles. The van der Waals surface area contributed by atoms with Crippen LogP contribution in [0, 0.1) is 26.6 Å². The molecule has 4 aliphatic heterocycles. The highest BCUT2D eigenvalue weighted by atomic mass is 35.5. The van der Waals surface area contributed by atoms with Crippen LogP contribution in [0.2, 0.25) is 14.4 Å². The Morgan fingerprint density at radius 3 is 1.07 bits per heavy atom. The van der Waals surface area contributed by atoms with Gasteiger partial charge in [-0.2, -0.15) is 53.5 Å². The molecule has 0 unspecified atom stereocenters. The van der Waals surface area contributed by atoms with Gasteiger partial charge in [-0.1, -0.05) is 89.4 Å². The summed E-state index contributed by atoms with van der Waals surface area (Å²) in [5.41, 5.74) is 11.0. The fourth-order valence-corrected chi connectivity index (χ4v) is 23.7. The highest BCUT2D eigenvalue weighted by Crippen LogP contribution is 2.40. The summed E-state index contributed by atoms with van der Waals surface area (Å²) in [6, 6.07) is 39.0. The van der Waals surface area contributed by atoms with Crippen LogP contribution in [0.3, 0.4) is 0 Å². The number of ether oxygens (including phenoxy) is 4. The van der Waals surface area contributed by atoms with Crippen LogP contribution in [0.15, 0.2) is 201 Å². The van der Waals surface area contributed by atoms with Gasteiger partial charge in [0, 0.05) is 186 Å². The number of aryl methyl sites for hydroxylation is 7. The number of nitrogens with one attached hydrogen (secondary N) is 8. The van der Waals surface area contributed by atoms with Crippen LogP contribution in [0.25, 0.3) is 89.2 Å². The van der Waals surface area contributed by atoms with Gasteiger partial charge >= 0.3 is 6.18 Å². The molecule has 0 amide bonds. The molecule has 13 heterocycles. The summed E-state index contributed by atoms with van der Waals surface area (Å²) in [5, 5.41) is 34.9. The van der Waals surface area contributed by atoms with Crippen LogP contribution < -0.4 is 40.2 Å². The third-order valence-electron chi connectivity index (χ3n) is 24.8. The molecule has 790 valence electrons. The van der Waals surface area contributed by atoms with Gasteiger partial charge in [0.1, 0.15) is 42.6 Å². The molecule has 40 nitrogen and oxygen atoms in total. The number of hydrogen-bond acceptors (Lipinski definition) is 33. The largest absolute Gasteiger partial charge is 0.416 e. The zero-order valence-corrected chi connectivity index (χ0v) is 88.7. The second-order valence-corrected chi connectivity index (χ2v) is 44.7. The topological polar surface area (TPSA) is 457 Å². The Morgan fingerprint density at radius 1 is 0.373 bits per heavy atom. The van der Waals surface area contributed by atoms with E-state index in [-0.39, 0.29) is 24.8 Å². The first-order valence-corrected chi connectivity index (χ1v) is 55.4. The zero-order chi connectivity index (χ0) is 106. The average Bonchev–Trinajstić information content (AvgIpc) is 1.67. The van der Waals surface area contributed by atoms with Gasteiger partial charge < -0.3 is 40.2 Å². The number of aromatic nitrogens is 16. The van der Waals surface area contributed by atoms with Crippen LogP contribution in [0.1, 0.15) is 22.3 Å². The Bertz CT molecular complexity index is 8060. The molecule has 0 radical (unpaired) electrons. The number of hydrogen-bond donors (Lipinski definition) is 8. The van der Waals surface area contributed by atoms with Crippen LogP contribution in [-0.4, -0.2) is 290 Å². The number of fused-ring (bicyclic) bond motifs is 4. The predicted octanol–water partition coefficient (Wildman–Crippen LogP) is 14.4. The first-order valence-electron chi connectivity index (χ1n) is 47.6. The van der Waals surface area contributed by atoms with Gasteiger partial charge in [0.2, 0.25) is 23.8 Å². The van der Waals surface area contributed by atoms with E-state index in [1.54, 1.807) is 125 Å². The van der Waals surface area contributed by atoms with Gasteiger partial charge in [-0.3, -0.25) is 38.5 Å². The molecule has 20 rings (SSSR count). The summed E-state index contributed by atoms with van der Waals surface area (Å²) in [5.74, 6) is 1.31. The number of nitrogens with zero attached hydrogens (tertiary/aromatic N) is 20. The first-order chi connectivity index (χ1) is 71.9. The number of alkyl halides is 3. The van der Waals surface area contributed by atoms with E-state index < -0.39 is 67.4 Å². The van der Waals surface area contributed by atoms with Crippen molar-refractivity contribution < 1.29 is 70.2 Å². The van der Waals surface area contributed by atoms with Crippen molar-refractivity contribution in [3.8, 4) is 45.0 Å². The van der Waals surface area contributed by atoms with Crippen molar-refractivity contribution in [1.29, 1.82) is 0 Å². The molecule has 0 spiro atoms. The molecule has 4 saturated heterocycles. The van der Waals surface area contributed by atoms with E-state index >= 15 is 0 Å². The summed E-state index contributed by atoms with van der Waals surface area (Å²) in [4.78, 5) is 44.8. The Balaban J connectivity index is 0.000000136. The van der Waals surface area contributed by atoms with E-state index in [9.17, 15) is 51.2 Å². The number of benzene rings is 7. The van der Waals surface area contributed by atoms with Gasteiger partial charge in [-0.25, -0.2) is 76.7 Å². The second kappa shape index (κ2) is 47.6. The van der Waals surface area contributed by atoms with Gasteiger partial charge in [-0.05, 0) is 141 Å². The van der Waals surface area contributed by atoms with Crippen molar-refractivity contribution in [3.05, 3.63) is 225 Å². The van der Waals surface area contributed by atoms with E-state index in [1.807, 2.05) is 52.3 Å². The zero-order valence-electron chi connectivity index (χ0n) is 82.3. The van der Waals surface area contributed by atoms with Crippen molar-refractivity contribution in [2.75, 3.05) is 198 Å². The summed E-state index contributed by atoms with van der Waals surface area (Å²) in [6.45, 7) is 25.2. The van der Waals surface area contributed by atoms with Crippen LogP contribution in [-0.2, 0) is 93.4 Å². The second-order valence-electron chi connectivity index (χ2n) is 35.3. The SMILES string of the molecule is Cc1cc(-c2nn(C)c3nc(NCCN4CCOCC4)ncc23)ccc1NS(=O)(=O)c1cccc(C(F)(F)F)c1.Cc1cc(-c2nn(C)c3nc(NCCN4CCOCC4)ncc23)ccc1NS(=O)(=O)c1cccc(Cl)c1Cl.Cc1cc(-c2nn(C)c3nc(NCCN4CCOCC4)ncc23)ccc1NS(=O)(=O)c1ccccc1F.Cn1nc(-c2ccc(NS(=O)(=O)c3ccc(Cl)s3)cc2)c2cnc(NCCN3CCOCC3)nc21. The molecule has 0 bridgehead atoms. The van der Waals surface area contributed by atoms with E-state index in [2.05, 4.69) is 120 Å². The quantitative estimate of drug-likeness (QED) is 0.0182. The van der Waals surface area contributed by atoms with E-state index in [4.69, 9.17) is 53.8 Å². The minimum atomic E-state index is -4.65. The number of anilines is 8. The molecule has 0 aliphatic carbocycles. The number of morpholine rings is 4. The van der Waals surface area contributed by atoms with Gasteiger partial charge in [0.15, 0.2) is 22.6 Å². The number of rotatable bonds is 32. The van der Waals surface area contributed by atoms with E-state index in [0.717, 1.165) is 231 Å². The Labute approximate surface area is 881 Å². The van der Waals surface area contributed by atoms with Crippen LogP contribution >= 0.6 is 46.1 Å². The van der Waals surface area contributed by atoms with Crippen molar-refractivity contribution in [2.45, 2.75) is 45.8 Å². The van der Waals surface area contributed by atoms with Crippen molar-refractivity contribution in [1.82, 2.24) is 98.6 Å². The van der Waals surface area contributed by atoms with Gasteiger partial charge in [0.05, 0.1) is 116 Å². The van der Waals surface area contributed by atoms with Crippen molar-refractivity contribution in [3.63, 3.8) is 0 Å².